The van der Waals surface area contributed by atoms with E-state index in [1.807, 2.05) is 20.8 Å². The second-order valence-corrected chi connectivity index (χ2v) is 7.09. The summed E-state index contributed by atoms with van der Waals surface area (Å²) in [5, 5.41) is 12.6. The molecule has 21 heavy (non-hydrogen) atoms. The van der Waals surface area contributed by atoms with Crippen molar-refractivity contribution in [1.82, 2.24) is 10.2 Å². The average Bonchev–Trinajstić information content (AvgIpc) is 2.43. The van der Waals surface area contributed by atoms with E-state index in [0.717, 1.165) is 25.3 Å². The topological polar surface area (TPSA) is 52.6 Å². The number of hydrogen-bond donors (Lipinski definition) is 2. The number of nitrogens with one attached hydrogen (secondary N) is 1. The molecule has 1 atom stereocenters. The van der Waals surface area contributed by atoms with E-state index in [1.165, 1.54) is 32.4 Å². The quantitative estimate of drug-likeness (QED) is 0.642. The van der Waals surface area contributed by atoms with Crippen LogP contribution in [0.3, 0.4) is 0 Å². The van der Waals surface area contributed by atoms with E-state index >= 15 is 0 Å². The predicted octanol–water partition coefficient (Wildman–Crippen LogP) is 3.12. The van der Waals surface area contributed by atoms with Crippen LogP contribution in [0.4, 0.5) is 0 Å². The fraction of sp³-hybridized carbons (Fsp3) is 0.941. The number of rotatable bonds is 9. The van der Waals surface area contributed by atoms with E-state index in [0.29, 0.717) is 6.42 Å². The summed E-state index contributed by atoms with van der Waals surface area (Å²) in [4.78, 5) is 14.0. The van der Waals surface area contributed by atoms with Gasteiger partial charge in [0.2, 0.25) is 0 Å². The minimum absolute atomic E-state index is 0.194. The van der Waals surface area contributed by atoms with Gasteiger partial charge in [-0.05, 0) is 78.4 Å². The summed E-state index contributed by atoms with van der Waals surface area (Å²) in [6.45, 7) is 11.7. The molecule has 1 fully saturated rings. The molecule has 2 N–H and O–H groups in total. The molecule has 1 aliphatic rings. The Kier molecular flexibility index (Phi) is 7.67. The Balaban J connectivity index is 2.24. The predicted molar refractivity (Wildman–Crippen MR) is 87.6 cm³/mol. The molecule has 1 aliphatic heterocycles. The molecule has 4 heteroatoms. The summed E-state index contributed by atoms with van der Waals surface area (Å²) < 4.78 is 0. The maximum atomic E-state index is 11.4. The fourth-order valence-corrected chi connectivity index (χ4v) is 3.31. The highest BCUT2D eigenvalue weighted by Crippen LogP contribution is 2.21. The average molecular weight is 298 g/mol. The SMILES string of the molecule is CCC1CCN(CCCCC(C)(NC(C)C)C(=O)O)CC1. The van der Waals surface area contributed by atoms with Crippen LogP contribution >= 0.6 is 0 Å². The molecular weight excluding hydrogens is 264 g/mol. The summed E-state index contributed by atoms with van der Waals surface area (Å²) in [6.07, 6.45) is 6.74. The van der Waals surface area contributed by atoms with E-state index < -0.39 is 11.5 Å². The zero-order valence-corrected chi connectivity index (χ0v) is 14.3. The first-order valence-corrected chi connectivity index (χ1v) is 8.61. The van der Waals surface area contributed by atoms with Crippen LogP contribution < -0.4 is 5.32 Å². The Hall–Kier alpha value is -0.610. The van der Waals surface area contributed by atoms with Crippen molar-refractivity contribution in [2.75, 3.05) is 19.6 Å². The third-order valence-corrected chi connectivity index (χ3v) is 4.76. The van der Waals surface area contributed by atoms with Crippen molar-refractivity contribution in [2.24, 2.45) is 5.92 Å². The van der Waals surface area contributed by atoms with E-state index in [4.69, 9.17) is 0 Å². The zero-order valence-electron chi connectivity index (χ0n) is 14.3. The molecule has 0 radical (unpaired) electrons. The Labute approximate surface area is 130 Å². The fourth-order valence-electron chi connectivity index (χ4n) is 3.31. The Morgan fingerprint density at radius 1 is 1.33 bits per heavy atom. The number of carboxylic acid groups (broad SMARTS) is 1. The molecule has 1 rings (SSSR count). The number of hydrogen-bond acceptors (Lipinski definition) is 3. The van der Waals surface area contributed by atoms with Crippen LogP contribution in [-0.4, -0.2) is 47.2 Å². The van der Waals surface area contributed by atoms with Crippen LogP contribution in [0.25, 0.3) is 0 Å². The molecule has 0 aromatic heterocycles. The highest BCUT2D eigenvalue weighted by atomic mass is 16.4. The largest absolute Gasteiger partial charge is 0.480 e. The van der Waals surface area contributed by atoms with Gasteiger partial charge in [0.25, 0.3) is 0 Å². The first-order chi connectivity index (χ1) is 9.87. The van der Waals surface area contributed by atoms with Crippen molar-refractivity contribution in [3.63, 3.8) is 0 Å². The van der Waals surface area contributed by atoms with Crippen molar-refractivity contribution in [3.05, 3.63) is 0 Å². The van der Waals surface area contributed by atoms with Crippen LogP contribution in [0.15, 0.2) is 0 Å². The van der Waals surface area contributed by atoms with E-state index in [1.54, 1.807) is 0 Å². The van der Waals surface area contributed by atoms with Gasteiger partial charge < -0.3 is 10.0 Å². The summed E-state index contributed by atoms with van der Waals surface area (Å²) >= 11 is 0. The first-order valence-electron chi connectivity index (χ1n) is 8.61. The number of carbonyl (C=O) groups is 1. The summed E-state index contributed by atoms with van der Waals surface area (Å²) in [5.74, 6) is 0.187. The lowest BCUT2D eigenvalue weighted by Crippen LogP contribution is -2.52. The minimum atomic E-state index is -0.788. The second kappa shape index (κ2) is 8.74. The van der Waals surface area contributed by atoms with E-state index in [2.05, 4.69) is 17.1 Å². The van der Waals surface area contributed by atoms with Crippen LogP contribution in [-0.2, 0) is 4.79 Å². The molecule has 1 heterocycles. The van der Waals surface area contributed by atoms with Crippen molar-refractivity contribution in [3.8, 4) is 0 Å². The lowest BCUT2D eigenvalue weighted by molar-refractivity contribution is -0.144. The molecule has 1 saturated heterocycles. The van der Waals surface area contributed by atoms with Gasteiger partial charge in [-0.3, -0.25) is 10.1 Å². The van der Waals surface area contributed by atoms with Gasteiger partial charge in [-0.2, -0.15) is 0 Å². The zero-order chi connectivity index (χ0) is 15.9. The van der Waals surface area contributed by atoms with Crippen LogP contribution in [0.1, 0.15) is 66.2 Å². The summed E-state index contributed by atoms with van der Waals surface area (Å²) in [7, 11) is 0. The summed E-state index contributed by atoms with van der Waals surface area (Å²) in [6, 6.07) is 0.194. The highest BCUT2D eigenvalue weighted by Gasteiger charge is 2.32. The minimum Gasteiger partial charge on any atom is -0.480 e. The van der Waals surface area contributed by atoms with Gasteiger partial charge in [-0.15, -0.1) is 0 Å². The molecular formula is C17H34N2O2. The molecule has 0 aromatic rings. The van der Waals surface area contributed by atoms with Crippen LogP contribution in [0, 0.1) is 5.92 Å². The Morgan fingerprint density at radius 3 is 2.43 bits per heavy atom. The van der Waals surface area contributed by atoms with E-state index in [-0.39, 0.29) is 6.04 Å². The molecule has 0 spiro atoms. The van der Waals surface area contributed by atoms with Gasteiger partial charge in [-0.1, -0.05) is 13.3 Å². The monoisotopic (exact) mass is 298 g/mol. The number of nitrogens with zero attached hydrogens (tertiary/aromatic N) is 1. The Bertz CT molecular complexity index is 312. The molecule has 4 nitrogen and oxygen atoms in total. The molecule has 0 saturated carbocycles. The van der Waals surface area contributed by atoms with Crippen LogP contribution in [0.2, 0.25) is 0 Å². The normalized spacial score (nSPS) is 20.6. The van der Waals surface area contributed by atoms with Gasteiger partial charge in [0.1, 0.15) is 5.54 Å². The number of likely N-dealkylation sites (tertiary alicyclic amines) is 1. The third kappa shape index (κ3) is 6.35. The molecule has 124 valence electrons. The lowest BCUT2D eigenvalue weighted by atomic mass is 9.93. The Morgan fingerprint density at radius 2 is 1.95 bits per heavy atom. The smallest absolute Gasteiger partial charge is 0.323 e. The third-order valence-electron chi connectivity index (χ3n) is 4.76. The second-order valence-electron chi connectivity index (χ2n) is 7.09. The highest BCUT2D eigenvalue weighted by molar-refractivity contribution is 5.78. The van der Waals surface area contributed by atoms with Crippen molar-refractivity contribution in [1.29, 1.82) is 0 Å². The van der Waals surface area contributed by atoms with Gasteiger partial charge >= 0.3 is 5.97 Å². The molecule has 0 amide bonds. The van der Waals surface area contributed by atoms with Crippen LogP contribution in [0.5, 0.6) is 0 Å². The lowest BCUT2D eigenvalue weighted by Gasteiger charge is -2.32. The first kappa shape index (κ1) is 18.4. The van der Waals surface area contributed by atoms with Gasteiger partial charge in [0, 0.05) is 6.04 Å². The molecule has 0 aliphatic carbocycles. The van der Waals surface area contributed by atoms with Crippen molar-refractivity contribution in [2.45, 2.75) is 77.8 Å². The number of carboxylic acids is 1. The number of piperidine rings is 1. The number of unbranched alkanes of at least 4 members (excludes halogenated alkanes) is 1. The maximum Gasteiger partial charge on any atom is 0.323 e. The van der Waals surface area contributed by atoms with E-state index in [9.17, 15) is 9.90 Å². The van der Waals surface area contributed by atoms with Gasteiger partial charge in [0.15, 0.2) is 0 Å². The maximum absolute atomic E-state index is 11.4. The number of aliphatic carboxylic acids is 1. The molecule has 1 unspecified atom stereocenters. The molecule has 0 bridgehead atoms. The molecule has 0 aromatic carbocycles. The standard InChI is InChI=1S/C17H34N2O2/c1-5-15-8-12-19(13-9-15)11-7-6-10-17(4,16(20)21)18-14(2)3/h14-15,18H,5-13H2,1-4H3,(H,20,21). The van der Waals surface area contributed by atoms with Crippen molar-refractivity contribution < 1.29 is 9.90 Å². The summed E-state index contributed by atoms with van der Waals surface area (Å²) in [5.41, 5.74) is -0.788. The van der Waals surface area contributed by atoms with Gasteiger partial charge in [0.05, 0.1) is 0 Å². The van der Waals surface area contributed by atoms with Crippen molar-refractivity contribution >= 4 is 5.97 Å². The van der Waals surface area contributed by atoms with Gasteiger partial charge in [-0.25, -0.2) is 0 Å².